The first-order valence-corrected chi connectivity index (χ1v) is 6.41. The number of benzene rings is 1. The number of halogens is 1. The van der Waals surface area contributed by atoms with E-state index < -0.39 is 5.54 Å². The molecule has 1 amide bonds. The maximum atomic E-state index is 11.7. The van der Waals surface area contributed by atoms with Crippen molar-refractivity contribution in [3.8, 4) is 0 Å². The lowest BCUT2D eigenvalue weighted by Gasteiger charge is -2.20. The van der Waals surface area contributed by atoms with Crippen LogP contribution in [0.15, 0.2) is 28.7 Å². The topological polar surface area (TPSA) is 55.1 Å². The van der Waals surface area contributed by atoms with Crippen molar-refractivity contribution in [1.82, 2.24) is 5.32 Å². The Morgan fingerprint density at radius 1 is 1.41 bits per heavy atom. The van der Waals surface area contributed by atoms with E-state index in [-0.39, 0.29) is 11.9 Å². The Balaban J connectivity index is 2.57. The lowest BCUT2D eigenvalue weighted by molar-refractivity contribution is -0.122. The Hall–Kier alpha value is -0.870. The molecule has 0 fully saturated rings. The number of nitrogens with two attached hydrogens (primary N) is 1. The van der Waals surface area contributed by atoms with Crippen LogP contribution in [0.1, 0.15) is 38.8 Å². The van der Waals surface area contributed by atoms with Gasteiger partial charge in [0.05, 0.1) is 6.04 Å². The number of carbonyl (C=O) groups excluding carboxylic acids is 1. The van der Waals surface area contributed by atoms with E-state index in [1.807, 2.05) is 45.0 Å². The van der Waals surface area contributed by atoms with E-state index in [9.17, 15) is 4.79 Å². The van der Waals surface area contributed by atoms with Crippen LogP contribution in [0.4, 0.5) is 0 Å². The summed E-state index contributed by atoms with van der Waals surface area (Å²) in [5.41, 5.74) is 6.41. The van der Waals surface area contributed by atoms with Gasteiger partial charge in [-0.2, -0.15) is 0 Å². The summed E-state index contributed by atoms with van der Waals surface area (Å²) in [4.78, 5) is 11.7. The molecular formula is C13H19BrN2O. The van der Waals surface area contributed by atoms with Crippen LogP contribution < -0.4 is 11.1 Å². The minimum absolute atomic E-state index is 0.00190. The molecule has 0 saturated heterocycles. The molecule has 94 valence electrons. The van der Waals surface area contributed by atoms with Crippen molar-refractivity contribution in [3.05, 3.63) is 34.3 Å². The van der Waals surface area contributed by atoms with Crippen molar-refractivity contribution in [2.45, 2.75) is 38.8 Å². The Bertz CT molecular complexity index is 381. The highest BCUT2D eigenvalue weighted by Gasteiger charge is 2.18. The summed E-state index contributed by atoms with van der Waals surface area (Å²) in [7, 11) is 0. The lowest BCUT2D eigenvalue weighted by Crippen LogP contribution is -2.39. The molecule has 17 heavy (non-hydrogen) atoms. The number of amides is 1. The van der Waals surface area contributed by atoms with Crippen molar-refractivity contribution in [2.75, 3.05) is 0 Å². The predicted molar refractivity (Wildman–Crippen MR) is 73.6 cm³/mol. The lowest BCUT2D eigenvalue weighted by atomic mass is 10.0. The van der Waals surface area contributed by atoms with Crippen molar-refractivity contribution in [1.29, 1.82) is 0 Å². The van der Waals surface area contributed by atoms with Crippen LogP contribution in [-0.2, 0) is 4.79 Å². The number of hydrogen-bond donors (Lipinski definition) is 2. The number of nitrogens with one attached hydrogen (secondary N) is 1. The van der Waals surface area contributed by atoms with Crippen LogP contribution in [0, 0.1) is 0 Å². The summed E-state index contributed by atoms with van der Waals surface area (Å²) in [5, 5.41) is 2.94. The van der Waals surface area contributed by atoms with Crippen LogP contribution in [0.5, 0.6) is 0 Å². The molecule has 0 unspecified atom stereocenters. The molecular weight excluding hydrogens is 280 g/mol. The Morgan fingerprint density at radius 2 is 1.94 bits per heavy atom. The zero-order valence-corrected chi connectivity index (χ0v) is 12.0. The molecule has 0 saturated carbocycles. The molecule has 0 heterocycles. The van der Waals surface area contributed by atoms with Gasteiger partial charge in [-0.25, -0.2) is 0 Å². The van der Waals surface area contributed by atoms with Gasteiger partial charge < -0.3 is 11.1 Å². The fourth-order valence-electron chi connectivity index (χ4n) is 1.54. The second-order valence-electron chi connectivity index (χ2n) is 5.01. The first-order chi connectivity index (χ1) is 7.78. The third-order valence-corrected chi connectivity index (χ3v) is 2.89. The average molecular weight is 299 g/mol. The van der Waals surface area contributed by atoms with Gasteiger partial charge >= 0.3 is 0 Å². The quantitative estimate of drug-likeness (QED) is 0.898. The third-order valence-electron chi connectivity index (χ3n) is 2.36. The van der Waals surface area contributed by atoms with Gasteiger partial charge in [-0.15, -0.1) is 0 Å². The highest BCUT2D eigenvalue weighted by atomic mass is 79.9. The van der Waals surface area contributed by atoms with E-state index in [4.69, 9.17) is 5.73 Å². The molecule has 0 aliphatic carbocycles. The highest BCUT2D eigenvalue weighted by Crippen LogP contribution is 2.17. The van der Waals surface area contributed by atoms with Gasteiger partial charge in [-0.3, -0.25) is 4.79 Å². The molecule has 0 aliphatic heterocycles. The summed E-state index contributed by atoms with van der Waals surface area (Å²) < 4.78 is 1.03. The Kier molecular flexibility index (Phi) is 4.71. The SMILES string of the molecule is C[C@H](NC(=O)CC(C)(C)N)c1ccc(Br)cc1. The first kappa shape index (κ1) is 14.2. The summed E-state index contributed by atoms with van der Waals surface area (Å²) in [5.74, 6) is -0.0204. The van der Waals surface area contributed by atoms with Gasteiger partial charge in [0.25, 0.3) is 0 Å². The van der Waals surface area contributed by atoms with E-state index in [0.717, 1.165) is 10.0 Å². The molecule has 1 atom stereocenters. The molecule has 0 aliphatic rings. The molecule has 0 bridgehead atoms. The monoisotopic (exact) mass is 298 g/mol. The second kappa shape index (κ2) is 5.65. The smallest absolute Gasteiger partial charge is 0.222 e. The molecule has 0 spiro atoms. The molecule has 1 rings (SSSR count). The fourth-order valence-corrected chi connectivity index (χ4v) is 1.81. The summed E-state index contributed by atoms with van der Waals surface area (Å²) >= 11 is 3.38. The number of hydrogen-bond acceptors (Lipinski definition) is 2. The summed E-state index contributed by atoms with van der Waals surface area (Å²) in [6.45, 7) is 5.65. The molecule has 4 heteroatoms. The van der Waals surface area contributed by atoms with Crippen LogP contribution >= 0.6 is 15.9 Å². The van der Waals surface area contributed by atoms with Gasteiger partial charge in [-0.1, -0.05) is 28.1 Å². The minimum atomic E-state index is -0.469. The number of carbonyl (C=O) groups is 1. The van der Waals surface area contributed by atoms with E-state index in [2.05, 4.69) is 21.2 Å². The molecule has 1 aromatic rings. The van der Waals surface area contributed by atoms with Crippen molar-refractivity contribution < 1.29 is 4.79 Å². The van der Waals surface area contributed by atoms with Crippen molar-refractivity contribution in [2.24, 2.45) is 5.73 Å². The van der Waals surface area contributed by atoms with Gasteiger partial charge in [-0.05, 0) is 38.5 Å². The van der Waals surface area contributed by atoms with Crippen molar-refractivity contribution >= 4 is 21.8 Å². The van der Waals surface area contributed by atoms with E-state index in [0.29, 0.717) is 6.42 Å². The average Bonchev–Trinajstić information content (AvgIpc) is 2.15. The molecule has 3 N–H and O–H groups in total. The third kappa shape index (κ3) is 5.33. The fraction of sp³-hybridized carbons (Fsp3) is 0.462. The summed E-state index contributed by atoms with van der Waals surface area (Å²) in [6.07, 6.45) is 0.327. The largest absolute Gasteiger partial charge is 0.350 e. The van der Waals surface area contributed by atoms with Crippen LogP contribution in [0.25, 0.3) is 0 Å². The van der Waals surface area contributed by atoms with Gasteiger partial charge in [0, 0.05) is 16.4 Å². The zero-order valence-electron chi connectivity index (χ0n) is 10.5. The zero-order chi connectivity index (χ0) is 13.1. The van der Waals surface area contributed by atoms with E-state index in [1.165, 1.54) is 0 Å². The minimum Gasteiger partial charge on any atom is -0.350 e. The molecule has 3 nitrogen and oxygen atoms in total. The van der Waals surface area contributed by atoms with Crippen LogP contribution in [-0.4, -0.2) is 11.4 Å². The first-order valence-electron chi connectivity index (χ1n) is 5.61. The van der Waals surface area contributed by atoms with E-state index >= 15 is 0 Å². The standard InChI is InChI=1S/C13H19BrN2O/c1-9(10-4-6-11(14)7-5-10)16-12(17)8-13(2,3)15/h4-7,9H,8,15H2,1-3H3,(H,16,17)/t9-/m0/s1. The van der Waals surface area contributed by atoms with Gasteiger partial charge in [0.2, 0.25) is 5.91 Å². The normalized spacial score (nSPS) is 13.2. The maximum absolute atomic E-state index is 11.7. The van der Waals surface area contributed by atoms with E-state index in [1.54, 1.807) is 0 Å². The number of rotatable bonds is 4. The molecule has 0 radical (unpaired) electrons. The van der Waals surface area contributed by atoms with Gasteiger partial charge in [0.15, 0.2) is 0 Å². The van der Waals surface area contributed by atoms with Crippen LogP contribution in [0.3, 0.4) is 0 Å². The highest BCUT2D eigenvalue weighted by molar-refractivity contribution is 9.10. The summed E-state index contributed by atoms with van der Waals surface area (Å²) in [6, 6.07) is 7.90. The Morgan fingerprint density at radius 3 is 2.41 bits per heavy atom. The van der Waals surface area contributed by atoms with Crippen LogP contribution in [0.2, 0.25) is 0 Å². The molecule has 1 aromatic carbocycles. The van der Waals surface area contributed by atoms with Crippen molar-refractivity contribution in [3.63, 3.8) is 0 Å². The maximum Gasteiger partial charge on any atom is 0.222 e. The Labute approximate surface area is 111 Å². The molecule has 0 aromatic heterocycles. The second-order valence-corrected chi connectivity index (χ2v) is 5.92. The predicted octanol–water partition coefficient (Wildman–Crippen LogP) is 2.75. The van der Waals surface area contributed by atoms with Gasteiger partial charge in [0.1, 0.15) is 0 Å².